The van der Waals surface area contributed by atoms with Crippen LogP contribution in [0.4, 0.5) is 0 Å². The van der Waals surface area contributed by atoms with Gasteiger partial charge < -0.3 is 10.2 Å². The van der Waals surface area contributed by atoms with Gasteiger partial charge in [0.05, 0.1) is 0 Å². The first kappa shape index (κ1) is 15.0. The second-order valence-corrected chi connectivity index (χ2v) is 6.98. The zero-order valence-corrected chi connectivity index (χ0v) is 12.7. The summed E-state index contributed by atoms with van der Waals surface area (Å²) in [6, 6.07) is 0.638. The van der Waals surface area contributed by atoms with Crippen molar-refractivity contribution in [3.05, 3.63) is 0 Å². The highest BCUT2D eigenvalue weighted by Gasteiger charge is 2.28. The third kappa shape index (κ3) is 4.59. The van der Waals surface area contributed by atoms with E-state index in [0.29, 0.717) is 11.5 Å². The van der Waals surface area contributed by atoms with Crippen LogP contribution in [0.15, 0.2) is 0 Å². The van der Waals surface area contributed by atoms with E-state index < -0.39 is 0 Å². The van der Waals surface area contributed by atoms with Crippen LogP contribution in [0.5, 0.6) is 0 Å². The SMILES string of the molecule is CCNC(CCN1CC(C)C(C)C1)C(C)(C)C. The number of nitrogens with zero attached hydrogens (tertiary/aromatic N) is 1. The molecule has 1 saturated heterocycles. The summed E-state index contributed by atoms with van der Waals surface area (Å²) < 4.78 is 0. The van der Waals surface area contributed by atoms with Gasteiger partial charge >= 0.3 is 0 Å². The van der Waals surface area contributed by atoms with Crippen molar-refractivity contribution in [3.63, 3.8) is 0 Å². The summed E-state index contributed by atoms with van der Waals surface area (Å²) in [7, 11) is 0. The van der Waals surface area contributed by atoms with Crippen molar-refractivity contribution in [1.82, 2.24) is 10.2 Å². The van der Waals surface area contributed by atoms with Crippen molar-refractivity contribution in [2.45, 2.75) is 54.0 Å². The highest BCUT2D eigenvalue weighted by Crippen LogP contribution is 2.25. The smallest absolute Gasteiger partial charge is 0.0128 e. The van der Waals surface area contributed by atoms with Crippen molar-refractivity contribution >= 4 is 0 Å². The Balaban J connectivity index is 2.37. The van der Waals surface area contributed by atoms with E-state index in [-0.39, 0.29) is 0 Å². The van der Waals surface area contributed by atoms with Crippen LogP contribution in [0.2, 0.25) is 0 Å². The molecule has 0 bridgehead atoms. The minimum atomic E-state index is 0.368. The molecule has 3 atom stereocenters. The van der Waals surface area contributed by atoms with Gasteiger partial charge in [0, 0.05) is 19.1 Å². The molecule has 0 saturated carbocycles. The molecule has 0 aromatic carbocycles. The predicted octanol–water partition coefficient (Wildman–Crippen LogP) is 2.99. The summed E-state index contributed by atoms with van der Waals surface area (Å²) in [5, 5.41) is 3.64. The highest BCUT2D eigenvalue weighted by molar-refractivity contribution is 4.84. The number of hydrogen-bond acceptors (Lipinski definition) is 2. The maximum atomic E-state index is 3.64. The molecule has 0 spiro atoms. The Morgan fingerprint density at radius 2 is 1.71 bits per heavy atom. The van der Waals surface area contributed by atoms with Gasteiger partial charge in [-0.15, -0.1) is 0 Å². The minimum absolute atomic E-state index is 0.368. The van der Waals surface area contributed by atoms with Crippen LogP contribution in [0.3, 0.4) is 0 Å². The van der Waals surface area contributed by atoms with Gasteiger partial charge in [0.15, 0.2) is 0 Å². The van der Waals surface area contributed by atoms with Gasteiger partial charge in [-0.3, -0.25) is 0 Å². The standard InChI is InChI=1S/C15H32N2/c1-7-16-14(15(4,5)6)8-9-17-10-12(2)13(3)11-17/h12-14,16H,7-11H2,1-6H3. The highest BCUT2D eigenvalue weighted by atomic mass is 15.2. The van der Waals surface area contributed by atoms with E-state index in [4.69, 9.17) is 0 Å². The molecule has 2 heteroatoms. The first-order valence-corrected chi connectivity index (χ1v) is 7.30. The Labute approximate surface area is 108 Å². The van der Waals surface area contributed by atoms with Gasteiger partial charge in [-0.25, -0.2) is 0 Å². The second-order valence-electron chi connectivity index (χ2n) is 6.98. The molecule has 1 rings (SSSR count). The Hall–Kier alpha value is -0.0800. The predicted molar refractivity (Wildman–Crippen MR) is 76.3 cm³/mol. The van der Waals surface area contributed by atoms with Crippen LogP contribution in [0.25, 0.3) is 0 Å². The lowest BCUT2D eigenvalue weighted by molar-refractivity contribution is 0.220. The van der Waals surface area contributed by atoms with E-state index in [1.54, 1.807) is 0 Å². The molecule has 17 heavy (non-hydrogen) atoms. The number of rotatable bonds is 5. The fourth-order valence-electron chi connectivity index (χ4n) is 2.83. The molecular weight excluding hydrogens is 208 g/mol. The third-order valence-electron chi connectivity index (χ3n) is 4.29. The summed E-state index contributed by atoms with van der Waals surface area (Å²) in [6.45, 7) is 18.9. The van der Waals surface area contributed by atoms with Crippen LogP contribution in [-0.2, 0) is 0 Å². The Morgan fingerprint density at radius 1 is 1.18 bits per heavy atom. The largest absolute Gasteiger partial charge is 0.314 e. The van der Waals surface area contributed by atoms with Crippen LogP contribution >= 0.6 is 0 Å². The lowest BCUT2D eigenvalue weighted by Gasteiger charge is -2.32. The maximum Gasteiger partial charge on any atom is 0.0128 e. The van der Waals surface area contributed by atoms with Crippen molar-refractivity contribution in [2.24, 2.45) is 17.3 Å². The van der Waals surface area contributed by atoms with Crippen LogP contribution in [0.1, 0.15) is 48.0 Å². The molecule has 3 unspecified atom stereocenters. The monoisotopic (exact) mass is 240 g/mol. The fourth-order valence-corrected chi connectivity index (χ4v) is 2.83. The zero-order chi connectivity index (χ0) is 13.1. The lowest BCUT2D eigenvalue weighted by atomic mass is 9.84. The van der Waals surface area contributed by atoms with Gasteiger partial charge in [0.1, 0.15) is 0 Å². The number of hydrogen-bond donors (Lipinski definition) is 1. The second kappa shape index (κ2) is 6.19. The Kier molecular flexibility index (Phi) is 5.46. The summed E-state index contributed by atoms with van der Waals surface area (Å²) >= 11 is 0. The normalized spacial score (nSPS) is 28.6. The summed E-state index contributed by atoms with van der Waals surface area (Å²) in [4.78, 5) is 2.64. The van der Waals surface area contributed by atoms with E-state index in [2.05, 4.69) is 51.8 Å². The average Bonchev–Trinajstić information content (AvgIpc) is 2.51. The van der Waals surface area contributed by atoms with Crippen LogP contribution < -0.4 is 5.32 Å². The molecule has 1 fully saturated rings. The van der Waals surface area contributed by atoms with E-state index in [9.17, 15) is 0 Å². The molecule has 0 aromatic rings. The first-order valence-electron chi connectivity index (χ1n) is 7.30. The minimum Gasteiger partial charge on any atom is -0.314 e. The first-order chi connectivity index (χ1) is 7.84. The summed E-state index contributed by atoms with van der Waals surface area (Å²) in [6.07, 6.45) is 1.27. The van der Waals surface area contributed by atoms with E-state index >= 15 is 0 Å². The molecule has 0 amide bonds. The summed E-state index contributed by atoms with van der Waals surface area (Å²) in [5.74, 6) is 1.75. The fraction of sp³-hybridized carbons (Fsp3) is 1.00. The van der Waals surface area contributed by atoms with Crippen LogP contribution in [0, 0.1) is 17.3 Å². The van der Waals surface area contributed by atoms with Gasteiger partial charge in [0.2, 0.25) is 0 Å². The molecule has 1 heterocycles. The number of likely N-dealkylation sites (tertiary alicyclic amines) is 1. The summed E-state index contributed by atoms with van der Waals surface area (Å²) in [5.41, 5.74) is 0.368. The van der Waals surface area contributed by atoms with Crippen molar-refractivity contribution in [3.8, 4) is 0 Å². The van der Waals surface area contributed by atoms with Crippen molar-refractivity contribution in [1.29, 1.82) is 0 Å². The Morgan fingerprint density at radius 3 is 2.12 bits per heavy atom. The molecule has 1 aliphatic heterocycles. The maximum absolute atomic E-state index is 3.64. The molecule has 2 nitrogen and oxygen atoms in total. The van der Waals surface area contributed by atoms with Gasteiger partial charge in [0.25, 0.3) is 0 Å². The molecule has 0 aromatic heterocycles. The molecular formula is C15H32N2. The molecule has 0 aliphatic carbocycles. The molecule has 1 aliphatic rings. The van der Waals surface area contributed by atoms with E-state index in [1.165, 1.54) is 26.1 Å². The van der Waals surface area contributed by atoms with Gasteiger partial charge in [-0.2, -0.15) is 0 Å². The number of nitrogens with one attached hydrogen (secondary N) is 1. The zero-order valence-electron chi connectivity index (χ0n) is 12.7. The van der Waals surface area contributed by atoms with Crippen molar-refractivity contribution in [2.75, 3.05) is 26.2 Å². The van der Waals surface area contributed by atoms with E-state index in [1.807, 2.05) is 0 Å². The third-order valence-corrected chi connectivity index (χ3v) is 4.29. The topological polar surface area (TPSA) is 15.3 Å². The quantitative estimate of drug-likeness (QED) is 0.795. The van der Waals surface area contributed by atoms with Gasteiger partial charge in [-0.1, -0.05) is 41.5 Å². The van der Waals surface area contributed by atoms with Gasteiger partial charge in [-0.05, 0) is 36.8 Å². The van der Waals surface area contributed by atoms with Crippen LogP contribution in [-0.4, -0.2) is 37.1 Å². The molecule has 1 N–H and O–H groups in total. The molecule has 102 valence electrons. The Bertz CT molecular complexity index is 209. The van der Waals surface area contributed by atoms with E-state index in [0.717, 1.165) is 18.4 Å². The average molecular weight is 240 g/mol. The molecule has 0 radical (unpaired) electrons. The van der Waals surface area contributed by atoms with Crippen molar-refractivity contribution < 1.29 is 0 Å². The lowest BCUT2D eigenvalue weighted by Crippen LogP contribution is -2.42.